The molecule has 1 nitrogen and oxygen atoms in total. The van der Waals surface area contributed by atoms with Crippen LogP contribution in [0.15, 0.2) is 27.6 Å². The first-order chi connectivity index (χ1) is 8.56. The fourth-order valence-electron chi connectivity index (χ4n) is 2.60. The van der Waals surface area contributed by atoms with Crippen LogP contribution in [0.1, 0.15) is 51.2 Å². The van der Waals surface area contributed by atoms with Crippen LogP contribution in [0.4, 0.5) is 0 Å². The summed E-state index contributed by atoms with van der Waals surface area (Å²) in [6.07, 6.45) is 5.02. The summed E-state index contributed by atoms with van der Waals surface area (Å²) in [6.45, 7) is 4.16. The molecule has 0 amide bonds. The molecule has 0 aromatic heterocycles. The summed E-state index contributed by atoms with van der Waals surface area (Å²) in [5.41, 5.74) is 0.969. The number of thioether (sulfide) groups is 1. The van der Waals surface area contributed by atoms with Gasteiger partial charge in [-0.3, -0.25) is 0 Å². The van der Waals surface area contributed by atoms with Gasteiger partial charge in [0.2, 0.25) is 0 Å². The lowest BCUT2D eigenvalue weighted by Gasteiger charge is -2.26. The maximum Gasteiger partial charge on any atom is 0.0772 e. The zero-order chi connectivity index (χ0) is 13.1. The van der Waals surface area contributed by atoms with Gasteiger partial charge in [-0.15, -0.1) is 11.8 Å². The number of hydrogen-bond acceptors (Lipinski definition) is 2. The third-order valence-electron chi connectivity index (χ3n) is 3.61. The first kappa shape index (κ1) is 14.4. The van der Waals surface area contributed by atoms with E-state index in [1.165, 1.54) is 30.6 Å². The van der Waals surface area contributed by atoms with E-state index < -0.39 is 6.10 Å². The van der Waals surface area contributed by atoms with Crippen LogP contribution in [0.2, 0.25) is 0 Å². The van der Waals surface area contributed by atoms with Crippen LogP contribution >= 0.6 is 27.7 Å². The van der Waals surface area contributed by atoms with Gasteiger partial charge in [0.25, 0.3) is 0 Å². The number of benzene rings is 1. The van der Waals surface area contributed by atoms with Gasteiger partial charge in [-0.1, -0.05) is 41.8 Å². The highest BCUT2D eigenvalue weighted by Gasteiger charge is 2.20. The molecule has 18 heavy (non-hydrogen) atoms. The summed E-state index contributed by atoms with van der Waals surface area (Å²) in [5, 5.41) is 10.4. The zero-order valence-electron chi connectivity index (χ0n) is 11.0. The van der Waals surface area contributed by atoms with E-state index in [0.717, 1.165) is 21.2 Å². The zero-order valence-corrected chi connectivity index (χ0v) is 13.4. The summed E-state index contributed by atoms with van der Waals surface area (Å²) < 4.78 is 1.02. The molecule has 1 aromatic carbocycles. The Hall–Kier alpha value is 0.01000. The molecule has 0 aliphatic heterocycles. The summed E-state index contributed by atoms with van der Waals surface area (Å²) in [5.74, 6) is 0.872. The van der Waals surface area contributed by atoms with E-state index in [1.54, 1.807) is 6.92 Å². The van der Waals surface area contributed by atoms with Crippen molar-refractivity contribution >= 4 is 27.7 Å². The Morgan fingerprint density at radius 3 is 2.78 bits per heavy atom. The largest absolute Gasteiger partial charge is 0.389 e. The van der Waals surface area contributed by atoms with Gasteiger partial charge in [-0.05, 0) is 43.4 Å². The van der Waals surface area contributed by atoms with Crippen molar-refractivity contribution in [3.63, 3.8) is 0 Å². The molecule has 0 spiro atoms. The molecule has 0 heterocycles. The molecule has 1 aliphatic carbocycles. The summed E-state index contributed by atoms with van der Waals surface area (Å²) >= 11 is 5.54. The van der Waals surface area contributed by atoms with Crippen LogP contribution in [0.25, 0.3) is 0 Å². The predicted molar refractivity (Wildman–Crippen MR) is 82.1 cm³/mol. The van der Waals surface area contributed by atoms with Crippen molar-refractivity contribution < 1.29 is 5.11 Å². The Kier molecular flexibility index (Phi) is 5.16. The average molecular weight is 329 g/mol. The topological polar surface area (TPSA) is 20.2 Å². The molecule has 1 aromatic rings. The van der Waals surface area contributed by atoms with Crippen molar-refractivity contribution in [2.45, 2.75) is 55.8 Å². The predicted octanol–water partition coefficient (Wildman–Crippen LogP) is 5.17. The smallest absolute Gasteiger partial charge is 0.0772 e. The number of halogens is 1. The van der Waals surface area contributed by atoms with E-state index in [0.29, 0.717) is 0 Å². The second-order valence-electron chi connectivity index (χ2n) is 5.37. The maximum atomic E-state index is 9.61. The SMILES string of the molecule is CC1CCCC(Sc2ccc([C@@H](C)O)c(Br)c2)C1. The minimum Gasteiger partial charge on any atom is -0.389 e. The van der Waals surface area contributed by atoms with Crippen LogP contribution in [0, 0.1) is 5.92 Å². The van der Waals surface area contributed by atoms with Crippen LogP contribution in [-0.4, -0.2) is 10.4 Å². The van der Waals surface area contributed by atoms with E-state index >= 15 is 0 Å². The summed E-state index contributed by atoms with van der Waals surface area (Å²) in [4.78, 5) is 1.31. The number of rotatable bonds is 3. The van der Waals surface area contributed by atoms with Gasteiger partial charge in [-0.25, -0.2) is 0 Å². The van der Waals surface area contributed by atoms with Crippen LogP contribution in [-0.2, 0) is 0 Å². The normalized spacial score (nSPS) is 26.0. The van der Waals surface area contributed by atoms with Crippen LogP contribution < -0.4 is 0 Å². The molecule has 3 atom stereocenters. The number of aliphatic hydroxyl groups is 1. The number of hydrogen-bond donors (Lipinski definition) is 1. The molecular weight excluding hydrogens is 308 g/mol. The van der Waals surface area contributed by atoms with Gasteiger partial charge in [0.1, 0.15) is 0 Å². The summed E-state index contributed by atoms with van der Waals surface area (Å²) in [6, 6.07) is 6.31. The lowest BCUT2D eigenvalue weighted by molar-refractivity contribution is 0.198. The third kappa shape index (κ3) is 3.75. The number of aliphatic hydroxyl groups excluding tert-OH is 1. The van der Waals surface area contributed by atoms with Crippen molar-refractivity contribution in [2.24, 2.45) is 5.92 Å². The van der Waals surface area contributed by atoms with Crippen molar-refractivity contribution in [2.75, 3.05) is 0 Å². The van der Waals surface area contributed by atoms with Crippen molar-refractivity contribution in [1.82, 2.24) is 0 Å². The minimum atomic E-state index is -0.409. The Morgan fingerprint density at radius 2 is 2.17 bits per heavy atom. The summed E-state index contributed by atoms with van der Waals surface area (Å²) in [7, 11) is 0. The molecule has 2 rings (SSSR count). The molecular formula is C15H21BrOS. The van der Waals surface area contributed by atoms with E-state index in [4.69, 9.17) is 0 Å². The van der Waals surface area contributed by atoms with Crippen LogP contribution in [0.5, 0.6) is 0 Å². The standard InChI is InChI=1S/C15H21BrOS/c1-10-4-3-5-12(8-10)18-13-6-7-14(11(2)17)15(16)9-13/h6-7,9-12,17H,3-5,8H2,1-2H3/t10?,11-,12?/m1/s1. The first-order valence-corrected chi connectivity index (χ1v) is 8.37. The first-order valence-electron chi connectivity index (χ1n) is 6.70. The van der Waals surface area contributed by atoms with Crippen molar-refractivity contribution in [3.05, 3.63) is 28.2 Å². The molecule has 1 fully saturated rings. The van der Waals surface area contributed by atoms with Gasteiger partial charge in [0.15, 0.2) is 0 Å². The molecule has 3 heteroatoms. The highest BCUT2D eigenvalue weighted by atomic mass is 79.9. The van der Waals surface area contributed by atoms with Gasteiger partial charge < -0.3 is 5.11 Å². The highest BCUT2D eigenvalue weighted by molar-refractivity contribution is 9.10. The fourth-order valence-corrected chi connectivity index (χ4v) is 4.89. The molecule has 2 unspecified atom stereocenters. The quantitative estimate of drug-likeness (QED) is 0.825. The van der Waals surface area contributed by atoms with Crippen LogP contribution in [0.3, 0.4) is 0 Å². The second-order valence-corrected chi connectivity index (χ2v) is 7.60. The molecule has 0 radical (unpaired) electrons. The van der Waals surface area contributed by atoms with Gasteiger partial charge in [0.05, 0.1) is 6.10 Å². The maximum absolute atomic E-state index is 9.61. The fraction of sp³-hybridized carbons (Fsp3) is 0.600. The molecule has 1 saturated carbocycles. The monoisotopic (exact) mass is 328 g/mol. The van der Waals surface area contributed by atoms with Crippen molar-refractivity contribution in [3.8, 4) is 0 Å². The average Bonchev–Trinajstić information content (AvgIpc) is 2.28. The lowest BCUT2D eigenvalue weighted by atomic mass is 9.91. The molecule has 0 bridgehead atoms. The second kappa shape index (κ2) is 6.44. The molecule has 0 saturated heterocycles. The minimum absolute atomic E-state index is 0.409. The highest BCUT2D eigenvalue weighted by Crippen LogP contribution is 2.37. The Morgan fingerprint density at radius 1 is 1.39 bits per heavy atom. The third-order valence-corrected chi connectivity index (χ3v) is 5.59. The van der Waals surface area contributed by atoms with Gasteiger partial charge in [0, 0.05) is 14.6 Å². The van der Waals surface area contributed by atoms with E-state index in [1.807, 2.05) is 17.8 Å². The van der Waals surface area contributed by atoms with E-state index in [2.05, 4.69) is 35.0 Å². The molecule has 1 N–H and O–H groups in total. The van der Waals surface area contributed by atoms with Gasteiger partial charge in [-0.2, -0.15) is 0 Å². The Bertz CT molecular complexity index is 405. The van der Waals surface area contributed by atoms with E-state index in [9.17, 15) is 5.11 Å². The van der Waals surface area contributed by atoms with E-state index in [-0.39, 0.29) is 0 Å². The Balaban J connectivity index is 2.03. The lowest BCUT2D eigenvalue weighted by Crippen LogP contribution is -2.14. The van der Waals surface area contributed by atoms with Crippen molar-refractivity contribution in [1.29, 1.82) is 0 Å². The molecule has 1 aliphatic rings. The van der Waals surface area contributed by atoms with Gasteiger partial charge >= 0.3 is 0 Å². The molecule has 100 valence electrons. The Labute approximate surface area is 122 Å².